The van der Waals surface area contributed by atoms with Crippen LogP contribution in [0.25, 0.3) is 0 Å². The second-order valence-electron chi connectivity index (χ2n) is 6.22. The largest absolute Gasteiger partial charge is 0.476 e. The molecule has 0 bridgehead atoms. The Morgan fingerprint density at radius 2 is 2.11 bits per heavy atom. The molecular formula is C20H17ClN2O3S. The molecule has 2 heterocycles. The molecule has 27 heavy (non-hydrogen) atoms. The van der Waals surface area contributed by atoms with Gasteiger partial charge in [-0.25, -0.2) is 9.78 Å². The normalized spacial score (nSPS) is 12.7. The number of benzene rings is 2. The Hall–Kier alpha value is -2.57. The topological polar surface area (TPSA) is 62.7 Å². The first-order valence-electron chi connectivity index (χ1n) is 8.57. The summed E-state index contributed by atoms with van der Waals surface area (Å²) < 4.78 is 6.10. The Labute approximate surface area is 165 Å². The number of nitrogens with zero attached hydrogens (tertiary/aromatic N) is 2. The number of carbonyl (C=O) groups is 1. The molecule has 0 atom stereocenters. The quantitative estimate of drug-likeness (QED) is 0.637. The molecular weight excluding hydrogens is 384 g/mol. The van der Waals surface area contributed by atoms with Crippen LogP contribution in [0.15, 0.2) is 42.5 Å². The van der Waals surface area contributed by atoms with E-state index in [0.29, 0.717) is 24.5 Å². The second-order valence-corrected chi connectivity index (χ2v) is 7.82. The highest BCUT2D eigenvalue weighted by Crippen LogP contribution is 2.41. The minimum atomic E-state index is -0.984. The van der Waals surface area contributed by atoms with Gasteiger partial charge in [-0.15, -0.1) is 11.3 Å². The molecule has 7 heteroatoms. The number of para-hydroxylation sites is 1. The number of aromatic carboxylic acids is 1. The van der Waals surface area contributed by atoms with Gasteiger partial charge in [0.2, 0.25) is 0 Å². The first-order valence-corrected chi connectivity index (χ1v) is 9.76. The maximum absolute atomic E-state index is 11.4. The molecule has 0 fully saturated rings. The van der Waals surface area contributed by atoms with Crippen LogP contribution in [0.1, 0.15) is 32.9 Å². The average Bonchev–Trinajstić information content (AvgIpc) is 3.00. The van der Waals surface area contributed by atoms with E-state index in [0.717, 1.165) is 32.6 Å². The number of fused-ring (bicyclic) bond motifs is 2. The number of hydrogen-bond donors (Lipinski definition) is 1. The Kier molecular flexibility index (Phi) is 4.76. The molecule has 3 aromatic rings. The van der Waals surface area contributed by atoms with Crippen molar-refractivity contribution in [1.29, 1.82) is 0 Å². The van der Waals surface area contributed by atoms with Gasteiger partial charge in [0.05, 0.1) is 12.2 Å². The Morgan fingerprint density at radius 3 is 2.85 bits per heavy atom. The third-order valence-corrected chi connectivity index (χ3v) is 5.83. The molecule has 4 rings (SSSR count). The van der Waals surface area contributed by atoms with Gasteiger partial charge in [-0.3, -0.25) is 0 Å². The molecule has 0 unspecified atom stereocenters. The fourth-order valence-electron chi connectivity index (χ4n) is 3.15. The average molecular weight is 401 g/mol. The van der Waals surface area contributed by atoms with Crippen LogP contribution in [0.4, 0.5) is 5.69 Å². The van der Waals surface area contributed by atoms with Gasteiger partial charge in [-0.1, -0.05) is 36.7 Å². The van der Waals surface area contributed by atoms with Gasteiger partial charge in [0, 0.05) is 22.0 Å². The highest BCUT2D eigenvalue weighted by atomic mass is 35.5. The molecule has 5 nitrogen and oxygen atoms in total. The van der Waals surface area contributed by atoms with E-state index in [1.54, 1.807) is 6.07 Å². The van der Waals surface area contributed by atoms with Crippen molar-refractivity contribution in [3.05, 3.63) is 68.6 Å². The summed E-state index contributed by atoms with van der Waals surface area (Å²) >= 11 is 7.67. The van der Waals surface area contributed by atoms with Crippen molar-refractivity contribution < 1.29 is 14.6 Å². The number of thiazole rings is 1. The van der Waals surface area contributed by atoms with Crippen molar-refractivity contribution in [3.8, 4) is 11.5 Å². The van der Waals surface area contributed by atoms with E-state index in [1.165, 1.54) is 11.3 Å². The van der Waals surface area contributed by atoms with Crippen molar-refractivity contribution in [3.63, 3.8) is 0 Å². The van der Waals surface area contributed by atoms with E-state index in [1.807, 2.05) is 43.3 Å². The third-order valence-electron chi connectivity index (χ3n) is 4.41. The number of carboxylic acid groups (broad SMARTS) is 1. The van der Waals surface area contributed by atoms with Crippen molar-refractivity contribution in [2.24, 2.45) is 0 Å². The van der Waals surface area contributed by atoms with Gasteiger partial charge >= 0.3 is 5.97 Å². The molecule has 2 aromatic carbocycles. The lowest BCUT2D eigenvalue weighted by Gasteiger charge is -2.23. The minimum Gasteiger partial charge on any atom is -0.476 e. The van der Waals surface area contributed by atoms with Gasteiger partial charge in [0.25, 0.3) is 0 Å². The fraction of sp³-hybridized carbons (Fsp3) is 0.200. The smallest absolute Gasteiger partial charge is 0.355 e. The second kappa shape index (κ2) is 7.21. The minimum absolute atomic E-state index is 0.148. The third kappa shape index (κ3) is 3.50. The predicted octanol–water partition coefficient (Wildman–Crippen LogP) is 5.37. The lowest BCUT2D eigenvalue weighted by atomic mass is 10.2. The van der Waals surface area contributed by atoms with Crippen molar-refractivity contribution in [2.75, 3.05) is 4.90 Å². The summed E-state index contributed by atoms with van der Waals surface area (Å²) in [6, 6.07) is 13.4. The van der Waals surface area contributed by atoms with E-state index in [9.17, 15) is 9.90 Å². The van der Waals surface area contributed by atoms with Crippen LogP contribution in [0.5, 0.6) is 11.5 Å². The number of carboxylic acids is 1. The molecule has 1 N–H and O–H groups in total. The Morgan fingerprint density at radius 1 is 1.30 bits per heavy atom. The summed E-state index contributed by atoms with van der Waals surface area (Å²) in [4.78, 5) is 18.7. The van der Waals surface area contributed by atoms with E-state index in [-0.39, 0.29) is 5.69 Å². The van der Waals surface area contributed by atoms with E-state index >= 15 is 0 Å². The molecule has 138 valence electrons. The summed E-state index contributed by atoms with van der Waals surface area (Å²) in [6.45, 7) is 3.04. The van der Waals surface area contributed by atoms with E-state index in [4.69, 9.17) is 16.3 Å². The van der Waals surface area contributed by atoms with Gasteiger partial charge in [0.15, 0.2) is 11.4 Å². The molecule has 0 saturated carbocycles. The first-order chi connectivity index (χ1) is 13.0. The predicted molar refractivity (Wildman–Crippen MR) is 106 cm³/mol. The van der Waals surface area contributed by atoms with Crippen LogP contribution >= 0.6 is 22.9 Å². The molecule has 0 radical (unpaired) electrons. The van der Waals surface area contributed by atoms with Gasteiger partial charge in [-0.05, 0) is 30.7 Å². The number of aryl methyl sites for hydroxylation is 1. The van der Waals surface area contributed by atoms with Crippen LogP contribution in [-0.4, -0.2) is 16.1 Å². The summed E-state index contributed by atoms with van der Waals surface area (Å²) in [5.74, 6) is 0.542. The molecule has 1 aliphatic heterocycles. The van der Waals surface area contributed by atoms with Crippen molar-refractivity contribution in [1.82, 2.24) is 4.98 Å². The molecule has 1 aliphatic rings. The van der Waals surface area contributed by atoms with Crippen LogP contribution in [0, 0.1) is 0 Å². The van der Waals surface area contributed by atoms with Crippen LogP contribution in [-0.2, 0) is 19.5 Å². The zero-order valence-corrected chi connectivity index (χ0v) is 16.2. The number of halogens is 1. The summed E-state index contributed by atoms with van der Waals surface area (Å²) in [7, 11) is 0. The number of rotatable bonds is 4. The van der Waals surface area contributed by atoms with Gasteiger partial charge in [0.1, 0.15) is 10.8 Å². The maximum atomic E-state index is 11.4. The van der Waals surface area contributed by atoms with Gasteiger partial charge < -0.3 is 14.7 Å². The SMILES string of the molecule is CCc1sc(CN2Cc3ccccc3Oc3ccc(Cl)cc32)nc1C(=O)O. The number of hydrogen-bond acceptors (Lipinski definition) is 5. The first kappa shape index (κ1) is 17.8. The lowest BCUT2D eigenvalue weighted by Crippen LogP contribution is -2.21. The molecule has 0 amide bonds. The number of ether oxygens (including phenoxy) is 1. The molecule has 0 spiro atoms. The Balaban J connectivity index is 1.75. The fourth-order valence-corrected chi connectivity index (χ4v) is 4.33. The lowest BCUT2D eigenvalue weighted by molar-refractivity contribution is 0.0690. The highest BCUT2D eigenvalue weighted by molar-refractivity contribution is 7.11. The van der Waals surface area contributed by atoms with Crippen molar-refractivity contribution >= 4 is 34.6 Å². The summed E-state index contributed by atoms with van der Waals surface area (Å²) in [5.41, 5.74) is 2.06. The molecule has 0 saturated heterocycles. The molecule has 0 aliphatic carbocycles. The zero-order valence-electron chi connectivity index (χ0n) is 14.6. The van der Waals surface area contributed by atoms with Crippen LogP contribution in [0.3, 0.4) is 0 Å². The maximum Gasteiger partial charge on any atom is 0.355 e. The molecule has 1 aromatic heterocycles. The van der Waals surface area contributed by atoms with E-state index in [2.05, 4.69) is 9.88 Å². The van der Waals surface area contributed by atoms with Crippen LogP contribution < -0.4 is 9.64 Å². The number of anilines is 1. The van der Waals surface area contributed by atoms with Crippen molar-refractivity contribution in [2.45, 2.75) is 26.4 Å². The van der Waals surface area contributed by atoms with Gasteiger partial charge in [-0.2, -0.15) is 0 Å². The summed E-state index contributed by atoms with van der Waals surface area (Å²) in [6.07, 6.45) is 0.646. The monoisotopic (exact) mass is 400 g/mol. The zero-order chi connectivity index (χ0) is 19.0. The number of aromatic nitrogens is 1. The van der Waals surface area contributed by atoms with Crippen LogP contribution in [0.2, 0.25) is 5.02 Å². The Bertz CT molecular complexity index is 1020. The van der Waals surface area contributed by atoms with E-state index < -0.39 is 5.97 Å². The standard InChI is InChI=1S/C20H17ClN2O3S/c1-2-17-19(20(24)25)22-18(27-17)11-23-10-12-5-3-4-6-15(12)26-16-8-7-13(21)9-14(16)23/h3-9H,2,10-11H2,1H3,(H,24,25). The highest BCUT2D eigenvalue weighted by Gasteiger charge is 2.23. The summed E-state index contributed by atoms with van der Waals surface area (Å²) in [5, 5.41) is 10.8.